The standard InChI is InChI=1S/C19H31NO4/c1-19(2,3)24-13-16(21)12-20(15-7-8-15)11-14-6-9-17(22-4)18(10-14)23-5/h6,9-10,15-16,21H,7-8,11-13H2,1-5H3/t16-/m0/s1. The normalized spacial score (nSPS) is 16.3. The summed E-state index contributed by atoms with van der Waals surface area (Å²) >= 11 is 0. The topological polar surface area (TPSA) is 51.2 Å². The molecule has 1 aromatic rings. The molecule has 0 bridgehead atoms. The smallest absolute Gasteiger partial charge is 0.161 e. The summed E-state index contributed by atoms with van der Waals surface area (Å²) in [4.78, 5) is 2.33. The number of ether oxygens (including phenoxy) is 3. The zero-order valence-electron chi connectivity index (χ0n) is 15.5. The van der Waals surface area contributed by atoms with Gasteiger partial charge in [-0.2, -0.15) is 0 Å². The lowest BCUT2D eigenvalue weighted by Crippen LogP contribution is -2.37. The van der Waals surface area contributed by atoms with Crippen molar-refractivity contribution in [3.8, 4) is 11.5 Å². The molecular weight excluding hydrogens is 306 g/mol. The van der Waals surface area contributed by atoms with E-state index in [9.17, 15) is 5.11 Å². The monoisotopic (exact) mass is 337 g/mol. The molecule has 0 aromatic heterocycles. The molecule has 0 unspecified atom stereocenters. The zero-order valence-corrected chi connectivity index (χ0v) is 15.5. The molecule has 1 aliphatic rings. The first-order chi connectivity index (χ1) is 11.3. The van der Waals surface area contributed by atoms with Gasteiger partial charge in [0, 0.05) is 19.1 Å². The fraction of sp³-hybridized carbons (Fsp3) is 0.684. The van der Waals surface area contributed by atoms with E-state index in [0.29, 0.717) is 19.2 Å². The fourth-order valence-electron chi connectivity index (χ4n) is 2.67. The van der Waals surface area contributed by atoms with E-state index in [1.165, 1.54) is 12.8 Å². The number of hydrogen-bond acceptors (Lipinski definition) is 5. The van der Waals surface area contributed by atoms with Gasteiger partial charge in [0.05, 0.1) is 32.5 Å². The summed E-state index contributed by atoms with van der Waals surface area (Å²) in [6, 6.07) is 6.54. The van der Waals surface area contributed by atoms with Crippen LogP contribution in [0.1, 0.15) is 39.2 Å². The zero-order chi connectivity index (χ0) is 17.7. The van der Waals surface area contributed by atoms with Crippen LogP contribution < -0.4 is 9.47 Å². The maximum Gasteiger partial charge on any atom is 0.161 e. The van der Waals surface area contributed by atoms with Crippen LogP contribution >= 0.6 is 0 Å². The average molecular weight is 337 g/mol. The Balaban J connectivity index is 1.96. The number of nitrogens with zero attached hydrogens (tertiary/aromatic N) is 1. The molecule has 0 saturated heterocycles. The molecule has 1 fully saturated rings. The van der Waals surface area contributed by atoms with Crippen LogP contribution in [0.3, 0.4) is 0 Å². The van der Waals surface area contributed by atoms with Gasteiger partial charge in [0.15, 0.2) is 11.5 Å². The highest BCUT2D eigenvalue weighted by Crippen LogP contribution is 2.31. The molecule has 0 radical (unpaired) electrons. The molecule has 5 heteroatoms. The van der Waals surface area contributed by atoms with Gasteiger partial charge in [-0.3, -0.25) is 4.90 Å². The van der Waals surface area contributed by atoms with Crippen LogP contribution in [0, 0.1) is 0 Å². The Bertz CT molecular complexity index is 523. The predicted molar refractivity (Wildman–Crippen MR) is 94.7 cm³/mol. The number of methoxy groups -OCH3 is 2. The van der Waals surface area contributed by atoms with Crippen molar-refractivity contribution in [3.63, 3.8) is 0 Å². The van der Waals surface area contributed by atoms with Gasteiger partial charge < -0.3 is 19.3 Å². The third-order valence-electron chi connectivity index (χ3n) is 4.05. The minimum Gasteiger partial charge on any atom is -0.493 e. The van der Waals surface area contributed by atoms with Gasteiger partial charge in [-0.1, -0.05) is 6.07 Å². The van der Waals surface area contributed by atoms with E-state index in [0.717, 1.165) is 23.6 Å². The molecule has 1 N–H and O–H groups in total. The molecular formula is C19H31NO4. The highest BCUT2D eigenvalue weighted by atomic mass is 16.5. The second-order valence-corrected chi connectivity index (χ2v) is 7.43. The van der Waals surface area contributed by atoms with Gasteiger partial charge in [0.1, 0.15) is 0 Å². The van der Waals surface area contributed by atoms with E-state index in [1.807, 2.05) is 32.9 Å². The number of hydrogen-bond donors (Lipinski definition) is 1. The lowest BCUT2D eigenvalue weighted by molar-refractivity contribution is -0.0572. The molecule has 136 valence electrons. The van der Waals surface area contributed by atoms with E-state index in [4.69, 9.17) is 14.2 Å². The summed E-state index contributed by atoms with van der Waals surface area (Å²) in [5, 5.41) is 10.3. The molecule has 0 aliphatic heterocycles. The quantitative estimate of drug-likeness (QED) is 0.751. The largest absolute Gasteiger partial charge is 0.493 e. The minimum atomic E-state index is -0.482. The lowest BCUT2D eigenvalue weighted by Gasteiger charge is -2.27. The lowest BCUT2D eigenvalue weighted by atomic mass is 10.1. The van der Waals surface area contributed by atoms with Crippen molar-refractivity contribution < 1.29 is 19.3 Å². The van der Waals surface area contributed by atoms with Crippen LogP contribution in [0.2, 0.25) is 0 Å². The fourth-order valence-corrected chi connectivity index (χ4v) is 2.67. The van der Waals surface area contributed by atoms with Crippen LogP contribution in [0.25, 0.3) is 0 Å². The number of aliphatic hydroxyl groups excluding tert-OH is 1. The van der Waals surface area contributed by atoms with Gasteiger partial charge >= 0.3 is 0 Å². The summed E-state index contributed by atoms with van der Waals surface area (Å²) in [5.74, 6) is 1.47. The van der Waals surface area contributed by atoms with Gasteiger partial charge in [-0.05, 0) is 51.3 Å². The van der Waals surface area contributed by atoms with Crippen molar-refractivity contribution in [1.29, 1.82) is 0 Å². The van der Waals surface area contributed by atoms with E-state index >= 15 is 0 Å². The first kappa shape index (κ1) is 19.0. The maximum absolute atomic E-state index is 10.3. The summed E-state index contributed by atoms with van der Waals surface area (Å²) in [7, 11) is 3.29. The van der Waals surface area contributed by atoms with Crippen LogP contribution in [0.4, 0.5) is 0 Å². The van der Waals surface area contributed by atoms with Crippen LogP contribution in [0.15, 0.2) is 18.2 Å². The summed E-state index contributed by atoms with van der Waals surface area (Å²) in [6.07, 6.45) is 1.91. The first-order valence-corrected chi connectivity index (χ1v) is 8.59. The molecule has 1 aromatic carbocycles. The second-order valence-electron chi connectivity index (χ2n) is 7.43. The summed E-state index contributed by atoms with van der Waals surface area (Å²) in [6.45, 7) is 7.78. The molecule has 1 saturated carbocycles. The van der Waals surface area contributed by atoms with Crippen LogP contribution in [-0.2, 0) is 11.3 Å². The summed E-state index contributed by atoms with van der Waals surface area (Å²) in [5.41, 5.74) is 0.929. The molecule has 5 nitrogen and oxygen atoms in total. The maximum atomic E-state index is 10.3. The third-order valence-corrected chi connectivity index (χ3v) is 4.05. The Kier molecular flexibility index (Phi) is 6.49. The average Bonchev–Trinajstić information content (AvgIpc) is 3.36. The molecule has 2 rings (SSSR count). The Morgan fingerprint density at radius 2 is 1.83 bits per heavy atom. The predicted octanol–water partition coefficient (Wildman–Crippen LogP) is 2.84. The van der Waals surface area contributed by atoms with Crippen molar-refractivity contribution in [2.75, 3.05) is 27.4 Å². The molecule has 1 atom stereocenters. The van der Waals surface area contributed by atoms with Gasteiger partial charge in [-0.25, -0.2) is 0 Å². The molecule has 1 aliphatic carbocycles. The summed E-state index contributed by atoms with van der Waals surface area (Å²) < 4.78 is 16.4. The van der Waals surface area contributed by atoms with E-state index in [-0.39, 0.29) is 5.60 Å². The Morgan fingerprint density at radius 1 is 1.17 bits per heavy atom. The van der Waals surface area contributed by atoms with Crippen molar-refractivity contribution in [2.45, 2.75) is 57.9 Å². The van der Waals surface area contributed by atoms with E-state index < -0.39 is 6.10 Å². The Morgan fingerprint density at radius 3 is 2.38 bits per heavy atom. The Hall–Kier alpha value is -1.30. The van der Waals surface area contributed by atoms with Crippen LogP contribution in [0.5, 0.6) is 11.5 Å². The van der Waals surface area contributed by atoms with Crippen molar-refractivity contribution in [1.82, 2.24) is 4.90 Å². The van der Waals surface area contributed by atoms with Crippen molar-refractivity contribution >= 4 is 0 Å². The SMILES string of the molecule is COc1ccc(CN(C[C@H](O)COC(C)(C)C)C2CC2)cc1OC. The third kappa shape index (κ3) is 5.96. The minimum absolute atomic E-state index is 0.227. The van der Waals surface area contributed by atoms with Gasteiger partial charge in [0.25, 0.3) is 0 Å². The number of rotatable bonds is 9. The van der Waals surface area contributed by atoms with Gasteiger partial charge in [0.2, 0.25) is 0 Å². The molecule has 0 amide bonds. The molecule has 24 heavy (non-hydrogen) atoms. The van der Waals surface area contributed by atoms with E-state index in [2.05, 4.69) is 11.0 Å². The molecule has 0 spiro atoms. The number of benzene rings is 1. The Labute approximate surface area is 145 Å². The van der Waals surface area contributed by atoms with Crippen molar-refractivity contribution in [3.05, 3.63) is 23.8 Å². The van der Waals surface area contributed by atoms with Crippen molar-refractivity contribution in [2.24, 2.45) is 0 Å². The van der Waals surface area contributed by atoms with E-state index in [1.54, 1.807) is 14.2 Å². The molecule has 0 heterocycles. The van der Waals surface area contributed by atoms with Gasteiger partial charge in [-0.15, -0.1) is 0 Å². The highest BCUT2D eigenvalue weighted by Gasteiger charge is 2.30. The second kappa shape index (κ2) is 8.19. The highest BCUT2D eigenvalue weighted by molar-refractivity contribution is 5.42. The first-order valence-electron chi connectivity index (χ1n) is 8.59. The van der Waals surface area contributed by atoms with Crippen LogP contribution in [-0.4, -0.2) is 55.1 Å². The number of aliphatic hydroxyl groups is 1.